The second-order valence-corrected chi connectivity index (χ2v) is 8.27. The number of aromatic amines is 2. The molecule has 30 heavy (non-hydrogen) atoms. The average molecular weight is 411 g/mol. The number of rotatable bonds is 7. The molecule has 7 heteroatoms. The number of aromatic nitrogens is 3. The number of fused-ring (bicyclic) bond motifs is 2. The van der Waals surface area contributed by atoms with Gasteiger partial charge in [0.15, 0.2) is 5.65 Å². The number of carbonyl (C=O) groups is 1. The van der Waals surface area contributed by atoms with E-state index in [-0.39, 0.29) is 11.6 Å². The Hall–Kier alpha value is -2.83. The molecule has 0 bridgehead atoms. The van der Waals surface area contributed by atoms with Crippen LogP contribution in [0, 0.1) is 0 Å². The van der Waals surface area contributed by atoms with Crippen molar-refractivity contribution in [3.05, 3.63) is 34.7 Å². The molecule has 0 aliphatic heterocycles. The Bertz CT molecular complexity index is 1060. The maximum absolute atomic E-state index is 12.5. The van der Waals surface area contributed by atoms with Gasteiger partial charge >= 0.3 is 5.69 Å². The van der Waals surface area contributed by atoms with Gasteiger partial charge in [-0.1, -0.05) is 25.7 Å². The van der Waals surface area contributed by atoms with Crippen LogP contribution in [0.15, 0.2) is 29.1 Å². The van der Waals surface area contributed by atoms with Crippen molar-refractivity contribution in [3.63, 3.8) is 0 Å². The first kappa shape index (κ1) is 20.4. The zero-order chi connectivity index (χ0) is 20.9. The van der Waals surface area contributed by atoms with Gasteiger partial charge in [0, 0.05) is 24.9 Å². The van der Waals surface area contributed by atoms with Gasteiger partial charge in [0.2, 0.25) is 5.91 Å². The fourth-order valence-electron chi connectivity index (χ4n) is 4.29. The van der Waals surface area contributed by atoms with Crippen LogP contribution in [-0.4, -0.2) is 45.5 Å². The summed E-state index contributed by atoms with van der Waals surface area (Å²) in [4.78, 5) is 35.7. The van der Waals surface area contributed by atoms with Gasteiger partial charge in [-0.2, -0.15) is 0 Å². The van der Waals surface area contributed by atoms with Gasteiger partial charge in [-0.3, -0.25) is 9.78 Å². The van der Waals surface area contributed by atoms with E-state index in [1.54, 1.807) is 0 Å². The zero-order valence-electron chi connectivity index (χ0n) is 17.6. The second kappa shape index (κ2) is 9.32. The van der Waals surface area contributed by atoms with Crippen molar-refractivity contribution in [2.75, 3.05) is 13.7 Å². The Labute approximate surface area is 175 Å². The highest BCUT2D eigenvalue weighted by atomic mass is 16.5. The highest BCUT2D eigenvalue weighted by Gasteiger charge is 2.20. The number of amides is 1. The summed E-state index contributed by atoms with van der Waals surface area (Å²) in [5.41, 5.74) is 1.78. The third-order valence-electron chi connectivity index (χ3n) is 6.09. The quantitative estimate of drug-likeness (QED) is 0.452. The monoisotopic (exact) mass is 410 g/mol. The summed E-state index contributed by atoms with van der Waals surface area (Å²) in [5, 5.41) is 0.912. The first-order valence-corrected chi connectivity index (χ1v) is 11.0. The highest BCUT2D eigenvalue weighted by molar-refractivity contribution is 5.89. The molecule has 2 N–H and O–H groups in total. The van der Waals surface area contributed by atoms with Crippen LogP contribution in [-0.2, 0) is 4.79 Å². The number of carbonyl (C=O) groups excluding carboxylic acids is 1. The number of unbranched alkanes of at least 4 members (excludes halogenated alkanes) is 1. The van der Waals surface area contributed by atoms with Gasteiger partial charge < -0.3 is 14.6 Å². The highest BCUT2D eigenvalue weighted by Crippen LogP contribution is 2.23. The van der Waals surface area contributed by atoms with Crippen molar-refractivity contribution >= 4 is 28.0 Å². The molecule has 0 spiro atoms. The Morgan fingerprint density at radius 2 is 1.93 bits per heavy atom. The van der Waals surface area contributed by atoms with Gasteiger partial charge in [0.05, 0.1) is 17.6 Å². The zero-order valence-corrected chi connectivity index (χ0v) is 17.6. The number of ether oxygens (including phenoxy) is 1. The van der Waals surface area contributed by atoms with Gasteiger partial charge in [0.1, 0.15) is 5.75 Å². The number of H-pyrrole nitrogens is 2. The average Bonchev–Trinajstić information content (AvgIpc) is 2.92. The number of nitrogens with one attached hydrogen (secondary N) is 2. The van der Waals surface area contributed by atoms with Crippen LogP contribution in [0.2, 0.25) is 0 Å². The number of benzene rings is 1. The fourth-order valence-corrected chi connectivity index (χ4v) is 4.29. The smallest absolute Gasteiger partial charge is 0.325 e. The molecule has 4 rings (SSSR count). The van der Waals surface area contributed by atoms with Crippen LogP contribution in [0.3, 0.4) is 0 Å². The summed E-state index contributed by atoms with van der Waals surface area (Å²) in [5.74, 6) is 1.02. The van der Waals surface area contributed by atoms with Gasteiger partial charge in [-0.05, 0) is 49.9 Å². The molecule has 1 aliphatic rings. The van der Waals surface area contributed by atoms with E-state index in [1.165, 1.54) is 25.7 Å². The van der Waals surface area contributed by atoms with Crippen LogP contribution >= 0.6 is 0 Å². The standard InChI is InChI=1S/C23H30N4O3/c1-27(17-8-4-2-3-5-9-17)21(28)10-6-7-13-30-18-11-12-19-16(14-18)15-20-22(24-19)26-23(29)25-20/h11-12,14-15,17H,2-10,13H2,1H3,(H2,24,25,26,29). The van der Waals surface area contributed by atoms with Crippen molar-refractivity contribution in [1.29, 1.82) is 0 Å². The third-order valence-corrected chi connectivity index (χ3v) is 6.09. The van der Waals surface area contributed by atoms with E-state index in [1.807, 2.05) is 36.2 Å². The molecule has 2 aromatic heterocycles. The molecule has 1 aliphatic carbocycles. The van der Waals surface area contributed by atoms with Crippen molar-refractivity contribution in [1.82, 2.24) is 19.9 Å². The normalized spacial score (nSPS) is 15.4. The number of imidazole rings is 1. The number of nitrogens with zero attached hydrogens (tertiary/aromatic N) is 2. The molecule has 1 fully saturated rings. The summed E-state index contributed by atoms with van der Waals surface area (Å²) in [6, 6.07) is 8.02. The minimum absolute atomic E-state index is 0.253. The summed E-state index contributed by atoms with van der Waals surface area (Å²) >= 11 is 0. The first-order chi connectivity index (χ1) is 14.6. The molecule has 0 unspecified atom stereocenters. The molecular formula is C23H30N4O3. The molecule has 3 aromatic rings. The Morgan fingerprint density at radius 1 is 1.13 bits per heavy atom. The minimum Gasteiger partial charge on any atom is -0.494 e. The van der Waals surface area contributed by atoms with E-state index in [4.69, 9.17) is 4.74 Å². The van der Waals surface area contributed by atoms with E-state index in [0.29, 0.717) is 30.2 Å². The second-order valence-electron chi connectivity index (χ2n) is 8.27. The lowest BCUT2D eigenvalue weighted by molar-refractivity contribution is -0.132. The maximum atomic E-state index is 12.5. The topological polar surface area (TPSA) is 91.1 Å². The van der Waals surface area contributed by atoms with Crippen LogP contribution in [0.5, 0.6) is 5.75 Å². The minimum atomic E-state index is -0.261. The third kappa shape index (κ3) is 4.83. The van der Waals surface area contributed by atoms with Crippen LogP contribution in [0.1, 0.15) is 57.8 Å². The molecule has 7 nitrogen and oxygen atoms in total. The molecule has 0 saturated heterocycles. The fraction of sp³-hybridized carbons (Fsp3) is 0.522. The number of hydrogen-bond acceptors (Lipinski definition) is 4. The molecular weight excluding hydrogens is 380 g/mol. The Morgan fingerprint density at radius 3 is 2.73 bits per heavy atom. The van der Waals surface area contributed by atoms with Gasteiger partial charge in [-0.25, -0.2) is 9.78 Å². The number of pyridine rings is 1. The van der Waals surface area contributed by atoms with E-state index in [9.17, 15) is 9.59 Å². The molecule has 0 radical (unpaired) electrons. The molecule has 160 valence electrons. The van der Waals surface area contributed by atoms with E-state index < -0.39 is 0 Å². The summed E-state index contributed by atoms with van der Waals surface area (Å²) in [7, 11) is 1.96. The predicted molar refractivity (Wildman–Crippen MR) is 118 cm³/mol. The van der Waals surface area contributed by atoms with Crippen LogP contribution in [0.4, 0.5) is 0 Å². The van der Waals surface area contributed by atoms with Crippen molar-refractivity contribution in [3.8, 4) is 5.75 Å². The Balaban J connectivity index is 1.25. The van der Waals surface area contributed by atoms with Crippen molar-refractivity contribution < 1.29 is 9.53 Å². The van der Waals surface area contributed by atoms with E-state index >= 15 is 0 Å². The predicted octanol–water partition coefficient (Wildman–Crippen LogP) is 4.13. The van der Waals surface area contributed by atoms with Gasteiger partial charge in [0.25, 0.3) is 0 Å². The molecule has 0 atom stereocenters. The lowest BCUT2D eigenvalue weighted by Gasteiger charge is -2.27. The first-order valence-electron chi connectivity index (χ1n) is 11.0. The number of hydrogen-bond donors (Lipinski definition) is 2. The Kier molecular flexibility index (Phi) is 6.35. The lowest BCUT2D eigenvalue weighted by atomic mass is 10.1. The maximum Gasteiger partial charge on any atom is 0.325 e. The van der Waals surface area contributed by atoms with Crippen LogP contribution in [0.25, 0.3) is 22.1 Å². The SMILES string of the molecule is CN(C(=O)CCCCOc1ccc2nc3[nH]c(=O)[nH]c3cc2c1)C1CCCCCC1. The van der Waals surface area contributed by atoms with Crippen molar-refractivity contribution in [2.24, 2.45) is 0 Å². The summed E-state index contributed by atoms with van der Waals surface area (Å²) in [6.07, 6.45) is 9.61. The molecule has 1 aromatic carbocycles. The molecule has 2 heterocycles. The molecule has 1 saturated carbocycles. The largest absolute Gasteiger partial charge is 0.494 e. The lowest BCUT2D eigenvalue weighted by Crippen LogP contribution is -2.36. The van der Waals surface area contributed by atoms with Crippen molar-refractivity contribution in [2.45, 2.75) is 63.8 Å². The summed E-state index contributed by atoms with van der Waals surface area (Å²) < 4.78 is 5.87. The summed E-state index contributed by atoms with van der Waals surface area (Å²) in [6.45, 7) is 0.572. The molecule has 1 amide bonds. The van der Waals surface area contributed by atoms with Crippen LogP contribution < -0.4 is 10.4 Å². The van der Waals surface area contributed by atoms with Gasteiger partial charge in [-0.15, -0.1) is 0 Å². The van der Waals surface area contributed by atoms with E-state index in [2.05, 4.69) is 15.0 Å². The van der Waals surface area contributed by atoms with E-state index in [0.717, 1.165) is 42.3 Å².